The van der Waals surface area contributed by atoms with Crippen molar-refractivity contribution in [3.05, 3.63) is 11.6 Å². The number of hydrogen-bond acceptors (Lipinski definition) is 4. The van der Waals surface area contributed by atoms with E-state index in [-0.39, 0.29) is 35.1 Å². The molecule has 3 saturated carbocycles. The predicted molar refractivity (Wildman–Crippen MR) is 85.5 cm³/mol. The van der Waals surface area contributed by atoms with E-state index in [2.05, 4.69) is 6.92 Å². The fourth-order valence-corrected chi connectivity index (χ4v) is 6.52. The third kappa shape index (κ3) is 1.98. The van der Waals surface area contributed by atoms with Crippen LogP contribution in [0.25, 0.3) is 0 Å². The van der Waals surface area contributed by atoms with Crippen LogP contribution in [0, 0.1) is 28.6 Å². The molecule has 0 bridgehead atoms. The molecule has 0 aliphatic heterocycles. The maximum absolute atomic E-state index is 12.4. The van der Waals surface area contributed by atoms with Gasteiger partial charge >= 0.3 is 0 Å². The van der Waals surface area contributed by atoms with Gasteiger partial charge in [-0.15, -0.1) is 0 Å². The third-order valence-corrected chi connectivity index (χ3v) is 7.75. The maximum atomic E-state index is 12.4. The molecule has 4 nitrogen and oxygen atoms in total. The summed E-state index contributed by atoms with van der Waals surface area (Å²) in [5.74, 6) is 0.374. The van der Waals surface area contributed by atoms with Gasteiger partial charge in [-0.25, -0.2) is 0 Å². The summed E-state index contributed by atoms with van der Waals surface area (Å²) in [5.41, 5.74) is 0.476. The fourth-order valence-electron chi connectivity index (χ4n) is 6.52. The second-order valence-electron chi connectivity index (χ2n) is 8.86. The number of aliphatic hydroxyl groups excluding tert-OH is 3. The molecule has 0 unspecified atom stereocenters. The summed E-state index contributed by atoms with van der Waals surface area (Å²) in [6.45, 7) is 4.18. The topological polar surface area (TPSA) is 77.8 Å². The van der Waals surface area contributed by atoms with Crippen molar-refractivity contribution in [1.82, 2.24) is 0 Å². The Morgan fingerprint density at radius 3 is 2.61 bits per heavy atom. The molecule has 23 heavy (non-hydrogen) atoms. The zero-order chi connectivity index (χ0) is 16.6. The lowest BCUT2D eigenvalue weighted by Gasteiger charge is -2.59. The van der Waals surface area contributed by atoms with E-state index in [1.807, 2.05) is 13.0 Å². The minimum Gasteiger partial charge on any atom is -0.393 e. The molecule has 3 N–H and O–H groups in total. The molecule has 4 heteroatoms. The van der Waals surface area contributed by atoms with Crippen molar-refractivity contribution in [2.75, 3.05) is 0 Å². The van der Waals surface area contributed by atoms with E-state index in [9.17, 15) is 20.1 Å². The van der Waals surface area contributed by atoms with Gasteiger partial charge in [0.15, 0.2) is 0 Å². The molecule has 0 aromatic rings. The number of hydrogen-bond donors (Lipinski definition) is 3. The maximum Gasteiger partial charge on any atom is 0.139 e. The van der Waals surface area contributed by atoms with E-state index < -0.39 is 17.6 Å². The highest BCUT2D eigenvalue weighted by Crippen LogP contribution is 2.63. The summed E-state index contributed by atoms with van der Waals surface area (Å²) >= 11 is 0. The van der Waals surface area contributed by atoms with Gasteiger partial charge in [-0.3, -0.25) is 4.79 Å². The van der Waals surface area contributed by atoms with Gasteiger partial charge in [0.1, 0.15) is 5.78 Å². The Labute approximate surface area is 137 Å². The number of Topliss-reactive ketones (excluding diaryl/α,β-unsaturated/α-hetero) is 1. The second kappa shape index (κ2) is 4.90. The highest BCUT2D eigenvalue weighted by Gasteiger charge is 2.63. The number of carbonyl (C=O) groups is 1. The Bertz CT molecular complexity index is 570. The van der Waals surface area contributed by atoms with Gasteiger partial charge in [-0.05, 0) is 55.3 Å². The van der Waals surface area contributed by atoms with Crippen LogP contribution in [0.1, 0.15) is 52.4 Å². The quantitative estimate of drug-likeness (QED) is 0.595. The lowest BCUT2D eigenvalue weighted by atomic mass is 9.46. The Hall–Kier alpha value is -0.710. The number of rotatable bonds is 0. The third-order valence-electron chi connectivity index (χ3n) is 7.75. The van der Waals surface area contributed by atoms with Gasteiger partial charge in [-0.1, -0.05) is 25.5 Å². The molecule has 4 rings (SSSR count). The summed E-state index contributed by atoms with van der Waals surface area (Å²) < 4.78 is 0. The molecule has 4 aliphatic rings. The van der Waals surface area contributed by atoms with Crippen molar-refractivity contribution in [3.8, 4) is 0 Å². The summed E-state index contributed by atoms with van der Waals surface area (Å²) in [4.78, 5) is 12.4. The average Bonchev–Trinajstić information content (AvgIpc) is 2.76. The van der Waals surface area contributed by atoms with Crippen LogP contribution in [0.15, 0.2) is 11.6 Å². The van der Waals surface area contributed by atoms with Crippen LogP contribution in [0.4, 0.5) is 0 Å². The van der Waals surface area contributed by atoms with E-state index in [1.165, 1.54) is 0 Å². The Morgan fingerprint density at radius 1 is 1.13 bits per heavy atom. The number of ketones is 1. The molecule has 0 saturated heterocycles. The van der Waals surface area contributed by atoms with Crippen molar-refractivity contribution in [1.29, 1.82) is 0 Å². The molecule has 0 spiro atoms. The summed E-state index contributed by atoms with van der Waals surface area (Å²) in [5, 5.41) is 31.8. The summed E-state index contributed by atoms with van der Waals surface area (Å²) in [7, 11) is 0. The average molecular weight is 320 g/mol. The Balaban J connectivity index is 1.79. The molecule has 0 heterocycles. The van der Waals surface area contributed by atoms with Crippen molar-refractivity contribution in [2.24, 2.45) is 28.6 Å². The van der Waals surface area contributed by atoms with Gasteiger partial charge in [0, 0.05) is 11.8 Å². The molecule has 3 fully saturated rings. The second-order valence-corrected chi connectivity index (χ2v) is 8.86. The van der Waals surface area contributed by atoms with E-state index in [4.69, 9.17) is 0 Å². The molecule has 0 radical (unpaired) electrons. The molecule has 4 aliphatic carbocycles. The first kappa shape index (κ1) is 15.8. The van der Waals surface area contributed by atoms with Crippen LogP contribution in [-0.2, 0) is 4.79 Å². The van der Waals surface area contributed by atoms with E-state index >= 15 is 0 Å². The lowest BCUT2D eigenvalue weighted by molar-refractivity contribution is -0.157. The zero-order valence-corrected chi connectivity index (χ0v) is 14.0. The molecule has 0 aromatic heterocycles. The van der Waals surface area contributed by atoms with Crippen LogP contribution in [0.2, 0.25) is 0 Å². The van der Waals surface area contributed by atoms with Crippen molar-refractivity contribution in [3.63, 3.8) is 0 Å². The van der Waals surface area contributed by atoms with Crippen LogP contribution in [-0.4, -0.2) is 39.4 Å². The molecular weight excluding hydrogens is 292 g/mol. The number of fused-ring (bicyclic) bond motifs is 5. The van der Waals surface area contributed by atoms with Gasteiger partial charge in [0.2, 0.25) is 0 Å². The minimum atomic E-state index is -0.612. The van der Waals surface area contributed by atoms with Gasteiger partial charge < -0.3 is 15.3 Å². The van der Waals surface area contributed by atoms with Gasteiger partial charge in [-0.2, -0.15) is 0 Å². The van der Waals surface area contributed by atoms with Crippen LogP contribution >= 0.6 is 0 Å². The first-order valence-corrected chi connectivity index (χ1v) is 9.06. The largest absolute Gasteiger partial charge is 0.393 e. The Kier molecular flexibility index (Phi) is 3.37. The van der Waals surface area contributed by atoms with Crippen molar-refractivity contribution >= 4 is 5.78 Å². The highest BCUT2D eigenvalue weighted by atomic mass is 16.3. The van der Waals surface area contributed by atoms with Crippen LogP contribution in [0.5, 0.6) is 0 Å². The minimum absolute atomic E-state index is 0.00558. The van der Waals surface area contributed by atoms with Crippen LogP contribution < -0.4 is 0 Å². The first-order valence-electron chi connectivity index (χ1n) is 9.06. The Morgan fingerprint density at radius 2 is 1.87 bits per heavy atom. The van der Waals surface area contributed by atoms with E-state index in [0.29, 0.717) is 19.3 Å². The molecule has 0 amide bonds. The molecule has 128 valence electrons. The number of carbonyl (C=O) groups excluding carboxylic acids is 1. The molecule has 0 aromatic carbocycles. The van der Waals surface area contributed by atoms with E-state index in [1.54, 1.807) is 0 Å². The van der Waals surface area contributed by atoms with Crippen LogP contribution in [0.3, 0.4) is 0 Å². The summed E-state index contributed by atoms with van der Waals surface area (Å²) in [6, 6.07) is 0. The lowest BCUT2D eigenvalue weighted by Crippen LogP contribution is -2.59. The standard InChI is InChI=1S/C19H28O4/c1-18-6-5-11(20)7-10(18)8-13(21)16-12-3-4-15(23)19(12,2)9-14(22)17(16)18/h8,11-14,16-17,20-22H,3-7,9H2,1-2H3/t11-,12-,13-,14+,16+,17-,18-,19-/m0/s1. The number of aliphatic hydroxyl groups is 3. The smallest absolute Gasteiger partial charge is 0.139 e. The monoisotopic (exact) mass is 320 g/mol. The first-order chi connectivity index (χ1) is 10.8. The van der Waals surface area contributed by atoms with E-state index in [0.717, 1.165) is 24.8 Å². The fraction of sp³-hybridized carbons (Fsp3) is 0.842. The van der Waals surface area contributed by atoms with Gasteiger partial charge in [0.25, 0.3) is 0 Å². The zero-order valence-electron chi connectivity index (χ0n) is 14.0. The summed E-state index contributed by atoms with van der Waals surface area (Å²) in [6.07, 6.45) is 4.57. The van der Waals surface area contributed by atoms with Gasteiger partial charge in [0.05, 0.1) is 18.3 Å². The highest BCUT2D eigenvalue weighted by molar-refractivity contribution is 5.87. The predicted octanol–water partition coefficient (Wildman–Crippen LogP) is 1.82. The van der Waals surface area contributed by atoms with Crippen molar-refractivity contribution in [2.45, 2.75) is 70.7 Å². The molecule has 8 atom stereocenters. The SMILES string of the molecule is C[C@]12CC[C@H](O)CC1=C[C@H](O)[C@@H]1[C@@H]2[C@H](O)C[C@]2(C)C(=O)CC[C@@H]12. The molecular formula is C19H28O4. The van der Waals surface area contributed by atoms with Crippen molar-refractivity contribution < 1.29 is 20.1 Å². The normalized spacial score (nSPS) is 55.7.